The summed E-state index contributed by atoms with van der Waals surface area (Å²) in [6, 6.07) is 12.7. The maximum atomic E-state index is 13.8. The SMILES string of the molecule is COc1cc2nc(C)nc(N[C@H](C)c3cc(-c4c(Cl)cccc4CN(C)C)cs3)c2cc1C1CCC(C(=O)N2CCC(OCCCC3CCN(C(=O)OC(C)(C)C)CC3)CC2)CC1. The highest BCUT2D eigenvalue weighted by atomic mass is 35.5. The maximum absolute atomic E-state index is 13.8. The van der Waals surface area contributed by atoms with Gasteiger partial charge in [0, 0.05) is 72.2 Å². The molecule has 1 saturated carbocycles. The number of piperidine rings is 2. The smallest absolute Gasteiger partial charge is 0.410 e. The van der Waals surface area contributed by atoms with Gasteiger partial charge in [-0.25, -0.2) is 14.8 Å². The molecule has 13 heteroatoms. The van der Waals surface area contributed by atoms with Crippen molar-refractivity contribution in [1.82, 2.24) is 24.7 Å². The maximum Gasteiger partial charge on any atom is 0.410 e. The first-order chi connectivity index (χ1) is 30.1. The number of hydrogen-bond donors (Lipinski definition) is 1. The molecule has 0 radical (unpaired) electrons. The molecule has 4 heterocycles. The van der Waals surface area contributed by atoms with Crippen molar-refractivity contribution in [3.63, 3.8) is 0 Å². The average molecular weight is 902 g/mol. The van der Waals surface area contributed by atoms with E-state index in [1.807, 2.05) is 44.7 Å². The predicted octanol–water partition coefficient (Wildman–Crippen LogP) is 11.3. The van der Waals surface area contributed by atoms with Gasteiger partial charge in [-0.2, -0.15) is 0 Å². The van der Waals surface area contributed by atoms with Crippen LogP contribution in [0.3, 0.4) is 0 Å². The number of aromatic nitrogens is 2. The van der Waals surface area contributed by atoms with Crippen LogP contribution in [-0.4, -0.2) is 102 Å². The number of likely N-dealkylation sites (tertiary alicyclic amines) is 2. The summed E-state index contributed by atoms with van der Waals surface area (Å²) in [4.78, 5) is 43.3. The molecule has 2 saturated heterocycles. The van der Waals surface area contributed by atoms with Gasteiger partial charge in [-0.15, -0.1) is 11.3 Å². The predicted molar refractivity (Wildman–Crippen MR) is 255 cm³/mol. The normalized spacial score (nSPS) is 19.7. The number of methoxy groups -OCH3 is 1. The lowest BCUT2D eigenvalue weighted by atomic mass is 9.77. The molecule has 0 bridgehead atoms. The quantitative estimate of drug-likeness (QED) is 0.124. The van der Waals surface area contributed by atoms with Gasteiger partial charge in [0.1, 0.15) is 23.0 Å². The Morgan fingerprint density at radius 1 is 0.968 bits per heavy atom. The molecule has 4 aromatic rings. The molecule has 63 heavy (non-hydrogen) atoms. The number of ether oxygens (including phenoxy) is 3. The van der Waals surface area contributed by atoms with E-state index in [0.29, 0.717) is 17.6 Å². The van der Waals surface area contributed by atoms with Crippen LogP contribution < -0.4 is 10.1 Å². The second-order valence-corrected chi connectivity index (χ2v) is 20.7. The van der Waals surface area contributed by atoms with E-state index < -0.39 is 5.60 Å². The molecule has 342 valence electrons. The number of halogens is 1. The zero-order chi connectivity index (χ0) is 44.8. The van der Waals surface area contributed by atoms with Gasteiger partial charge in [0.2, 0.25) is 5.91 Å². The van der Waals surface area contributed by atoms with Crippen LogP contribution in [0.5, 0.6) is 5.75 Å². The van der Waals surface area contributed by atoms with Crippen molar-refractivity contribution in [2.45, 2.75) is 129 Å². The summed E-state index contributed by atoms with van der Waals surface area (Å²) in [5.41, 5.74) is 4.97. The van der Waals surface area contributed by atoms with Crippen molar-refractivity contribution < 1.29 is 23.8 Å². The molecule has 0 spiro atoms. The average Bonchev–Trinajstić information content (AvgIpc) is 3.74. The zero-order valence-electron chi connectivity index (χ0n) is 38.8. The number of hydrogen-bond acceptors (Lipinski definition) is 10. The largest absolute Gasteiger partial charge is 0.496 e. The first-order valence-corrected chi connectivity index (χ1v) is 24.4. The number of nitrogens with zero attached hydrogens (tertiary/aromatic N) is 5. The van der Waals surface area contributed by atoms with Gasteiger partial charge in [0.15, 0.2) is 0 Å². The summed E-state index contributed by atoms with van der Waals surface area (Å²) in [5.74, 6) is 3.61. The second kappa shape index (κ2) is 20.9. The Hall–Kier alpha value is -3.97. The van der Waals surface area contributed by atoms with Crippen LogP contribution in [0.15, 0.2) is 41.8 Å². The monoisotopic (exact) mass is 900 g/mol. The minimum atomic E-state index is -0.461. The van der Waals surface area contributed by atoms with Crippen molar-refractivity contribution in [2.75, 3.05) is 59.3 Å². The highest BCUT2D eigenvalue weighted by molar-refractivity contribution is 7.10. The van der Waals surface area contributed by atoms with E-state index in [0.717, 1.165) is 148 Å². The summed E-state index contributed by atoms with van der Waals surface area (Å²) in [6.45, 7) is 14.5. The fourth-order valence-corrected chi connectivity index (χ4v) is 11.0. The second-order valence-electron chi connectivity index (χ2n) is 19.3. The first kappa shape index (κ1) is 47.0. The van der Waals surface area contributed by atoms with Gasteiger partial charge in [-0.05, 0) is 165 Å². The van der Waals surface area contributed by atoms with Crippen molar-refractivity contribution in [3.8, 4) is 16.9 Å². The Morgan fingerprint density at radius 2 is 1.68 bits per heavy atom. The molecule has 2 amide bonds. The first-order valence-electron chi connectivity index (χ1n) is 23.2. The van der Waals surface area contributed by atoms with Crippen LogP contribution in [0.25, 0.3) is 22.0 Å². The van der Waals surface area contributed by atoms with Gasteiger partial charge in [0.25, 0.3) is 0 Å². The van der Waals surface area contributed by atoms with E-state index in [2.05, 4.69) is 65.8 Å². The third-order valence-electron chi connectivity index (χ3n) is 13.1. The molecule has 3 fully saturated rings. The molecule has 0 unspecified atom stereocenters. The van der Waals surface area contributed by atoms with E-state index in [9.17, 15) is 9.59 Å². The fraction of sp³-hybridized carbons (Fsp3) is 0.600. The standard InChI is InChI=1S/C50H69ClN6O5S/c1-32(45-27-38(31-63-45)46-37(30-55(6)7)12-9-13-42(46)51)52-47-41-28-40(44(60-8)29-43(41)53-33(2)54-47)35-14-16-36(17-15-35)48(58)56-24-20-39(21-25-56)61-26-10-11-34-18-22-57(23-19-34)49(59)62-50(3,4)5/h9,12-13,27-29,31-32,34-36,39H,10-11,14-26,30H2,1-8H3,(H,52,53,54)/t32-,35?,36?/m1/s1. The Morgan fingerprint density at radius 3 is 2.37 bits per heavy atom. The van der Waals surface area contributed by atoms with E-state index in [4.69, 9.17) is 35.8 Å². The number of anilines is 1. The fourth-order valence-electron chi connectivity index (χ4n) is 9.75. The van der Waals surface area contributed by atoms with Crippen LogP contribution in [-0.2, 0) is 20.8 Å². The van der Waals surface area contributed by atoms with Crippen LogP contribution in [0.1, 0.15) is 126 Å². The number of benzene rings is 2. The Labute approximate surface area is 384 Å². The number of nitrogens with one attached hydrogen (secondary N) is 1. The van der Waals surface area contributed by atoms with Gasteiger partial charge >= 0.3 is 6.09 Å². The lowest BCUT2D eigenvalue weighted by molar-refractivity contribution is -0.139. The van der Waals surface area contributed by atoms with Crippen molar-refractivity contribution >= 4 is 51.7 Å². The summed E-state index contributed by atoms with van der Waals surface area (Å²) in [6.07, 6.45) is 9.60. The molecular weight excluding hydrogens is 832 g/mol. The summed E-state index contributed by atoms with van der Waals surface area (Å²) in [7, 11) is 5.88. The minimum absolute atomic E-state index is 0.00195. The molecule has 11 nitrogen and oxygen atoms in total. The van der Waals surface area contributed by atoms with Gasteiger partial charge in [-0.3, -0.25) is 4.79 Å². The van der Waals surface area contributed by atoms with Crippen LogP contribution in [0, 0.1) is 18.8 Å². The third kappa shape index (κ3) is 12.0. The zero-order valence-corrected chi connectivity index (χ0v) is 40.4. The van der Waals surface area contributed by atoms with E-state index in [-0.39, 0.29) is 30.1 Å². The minimum Gasteiger partial charge on any atom is -0.496 e. The number of carbonyl (C=O) groups excluding carboxylic acids is 2. The molecule has 2 aliphatic heterocycles. The van der Waals surface area contributed by atoms with Crippen molar-refractivity contribution in [3.05, 3.63) is 68.6 Å². The molecule has 2 aromatic heterocycles. The Kier molecular flexibility index (Phi) is 15.6. The topological polar surface area (TPSA) is 109 Å². The van der Waals surface area contributed by atoms with Gasteiger partial charge in [-0.1, -0.05) is 23.7 Å². The van der Waals surface area contributed by atoms with E-state index >= 15 is 0 Å². The number of aryl methyl sites for hydroxylation is 1. The van der Waals surface area contributed by atoms with Crippen molar-refractivity contribution in [1.29, 1.82) is 0 Å². The highest BCUT2D eigenvalue weighted by Crippen LogP contribution is 2.43. The number of fused-ring (bicyclic) bond motifs is 1. The summed E-state index contributed by atoms with van der Waals surface area (Å²) in [5, 5.41) is 7.67. The van der Waals surface area contributed by atoms with E-state index in [1.54, 1.807) is 18.4 Å². The molecule has 2 aromatic carbocycles. The number of thiophene rings is 1. The number of amides is 2. The lowest BCUT2D eigenvalue weighted by Gasteiger charge is -2.36. The van der Waals surface area contributed by atoms with Crippen LogP contribution >= 0.6 is 22.9 Å². The third-order valence-corrected chi connectivity index (χ3v) is 14.5. The molecular formula is C50H69ClN6O5S. The van der Waals surface area contributed by atoms with Crippen LogP contribution in [0.2, 0.25) is 5.02 Å². The molecule has 7 rings (SSSR count). The van der Waals surface area contributed by atoms with Crippen molar-refractivity contribution in [2.24, 2.45) is 11.8 Å². The Bertz CT molecular complexity index is 2180. The number of carbonyl (C=O) groups is 2. The van der Waals surface area contributed by atoms with Gasteiger partial charge < -0.3 is 34.2 Å². The molecule has 1 N–H and O–H groups in total. The van der Waals surface area contributed by atoms with E-state index in [1.165, 1.54) is 10.4 Å². The van der Waals surface area contributed by atoms with Gasteiger partial charge in [0.05, 0.1) is 24.8 Å². The Balaban J connectivity index is 0.899. The molecule has 1 aliphatic carbocycles. The highest BCUT2D eigenvalue weighted by Gasteiger charge is 2.34. The summed E-state index contributed by atoms with van der Waals surface area (Å²) >= 11 is 8.51. The number of rotatable bonds is 14. The lowest BCUT2D eigenvalue weighted by Crippen LogP contribution is -2.44. The molecule has 3 aliphatic rings. The summed E-state index contributed by atoms with van der Waals surface area (Å²) < 4.78 is 17.9. The van der Waals surface area contributed by atoms with Crippen LogP contribution in [0.4, 0.5) is 10.6 Å². The molecule has 1 atom stereocenters.